The van der Waals surface area contributed by atoms with Crippen molar-refractivity contribution in [1.82, 2.24) is 4.90 Å². The van der Waals surface area contributed by atoms with Crippen LogP contribution in [0.1, 0.15) is 17.3 Å². The minimum atomic E-state index is -0.521. The quantitative estimate of drug-likeness (QED) is 0.633. The molecule has 0 aliphatic rings. The van der Waals surface area contributed by atoms with E-state index in [4.69, 9.17) is 0 Å². The Bertz CT molecular complexity index is 434. The van der Waals surface area contributed by atoms with Crippen LogP contribution in [0.15, 0.2) is 22.7 Å². The maximum Gasteiger partial charge on any atom is 0.284 e. The molecular formula is C10H11BrN2O3. The van der Waals surface area contributed by atoms with E-state index in [-0.39, 0.29) is 11.6 Å². The number of amides is 1. The van der Waals surface area contributed by atoms with Crippen molar-refractivity contribution in [2.24, 2.45) is 0 Å². The van der Waals surface area contributed by atoms with Crippen LogP contribution in [0.25, 0.3) is 0 Å². The van der Waals surface area contributed by atoms with E-state index in [2.05, 4.69) is 15.9 Å². The zero-order valence-corrected chi connectivity index (χ0v) is 10.5. The van der Waals surface area contributed by atoms with Gasteiger partial charge in [-0.2, -0.15) is 0 Å². The van der Waals surface area contributed by atoms with Crippen molar-refractivity contribution in [2.45, 2.75) is 6.92 Å². The maximum absolute atomic E-state index is 11.7. The van der Waals surface area contributed by atoms with Gasteiger partial charge in [0.25, 0.3) is 11.6 Å². The number of nitrogens with zero attached hydrogens (tertiary/aromatic N) is 2. The molecular weight excluding hydrogens is 276 g/mol. The monoisotopic (exact) mass is 286 g/mol. The van der Waals surface area contributed by atoms with Gasteiger partial charge in [0, 0.05) is 25.2 Å². The first-order chi connectivity index (χ1) is 7.47. The first-order valence-corrected chi connectivity index (χ1v) is 5.46. The lowest BCUT2D eigenvalue weighted by molar-refractivity contribution is -0.385. The fourth-order valence-corrected chi connectivity index (χ4v) is 1.54. The molecule has 0 spiro atoms. The van der Waals surface area contributed by atoms with Crippen molar-refractivity contribution in [3.05, 3.63) is 38.3 Å². The predicted molar refractivity (Wildman–Crippen MR) is 63.4 cm³/mol. The lowest BCUT2D eigenvalue weighted by Gasteiger charge is -2.14. The van der Waals surface area contributed by atoms with Crippen molar-refractivity contribution in [2.75, 3.05) is 13.6 Å². The van der Waals surface area contributed by atoms with Crippen molar-refractivity contribution in [1.29, 1.82) is 0 Å². The summed E-state index contributed by atoms with van der Waals surface area (Å²) in [4.78, 5) is 23.4. The molecule has 0 heterocycles. The van der Waals surface area contributed by atoms with E-state index in [0.29, 0.717) is 16.6 Å². The van der Waals surface area contributed by atoms with E-state index < -0.39 is 4.92 Å². The van der Waals surface area contributed by atoms with Crippen LogP contribution in [0.4, 0.5) is 5.69 Å². The highest BCUT2D eigenvalue weighted by Crippen LogP contribution is 2.25. The van der Waals surface area contributed by atoms with Gasteiger partial charge in [-0.1, -0.05) is 0 Å². The van der Waals surface area contributed by atoms with Crippen LogP contribution in [0.3, 0.4) is 0 Å². The third-order valence-corrected chi connectivity index (χ3v) is 2.88. The normalized spacial score (nSPS) is 9.94. The molecule has 1 rings (SSSR count). The first-order valence-electron chi connectivity index (χ1n) is 4.66. The largest absolute Gasteiger partial charge is 0.342 e. The van der Waals surface area contributed by atoms with E-state index in [1.54, 1.807) is 13.1 Å². The van der Waals surface area contributed by atoms with Crippen molar-refractivity contribution < 1.29 is 9.72 Å². The maximum atomic E-state index is 11.7. The summed E-state index contributed by atoms with van der Waals surface area (Å²) >= 11 is 3.07. The number of benzene rings is 1. The van der Waals surface area contributed by atoms with Gasteiger partial charge < -0.3 is 4.90 Å². The number of nitro benzene ring substituents is 1. The Labute approximate surface area is 101 Å². The zero-order valence-electron chi connectivity index (χ0n) is 8.94. The second kappa shape index (κ2) is 5.07. The molecule has 0 aliphatic carbocycles. The third-order valence-electron chi connectivity index (χ3n) is 2.21. The summed E-state index contributed by atoms with van der Waals surface area (Å²) < 4.78 is 0.369. The summed E-state index contributed by atoms with van der Waals surface area (Å²) in [5, 5.41) is 10.7. The van der Waals surface area contributed by atoms with Gasteiger partial charge >= 0.3 is 0 Å². The predicted octanol–water partition coefficient (Wildman–Crippen LogP) is 2.45. The molecule has 0 atom stereocenters. The molecule has 1 aromatic rings. The van der Waals surface area contributed by atoms with Crippen LogP contribution < -0.4 is 0 Å². The van der Waals surface area contributed by atoms with Crippen LogP contribution in [-0.2, 0) is 0 Å². The Hall–Kier alpha value is -1.43. The van der Waals surface area contributed by atoms with Gasteiger partial charge in [0.2, 0.25) is 0 Å². The Morgan fingerprint density at radius 3 is 2.69 bits per heavy atom. The number of carbonyl (C=O) groups excluding carboxylic acids is 1. The molecule has 5 nitrogen and oxygen atoms in total. The van der Waals surface area contributed by atoms with E-state index in [0.717, 1.165) is 0 Å². The molecule has 6 heteroatoms. The van der Waals surface area contributed by atoms with E-state index in [1.807, 2.05) is 6.92 Å². The molecule has 0 saturated heterocycles. The van der Waals surface area contributed by atoms with Gasteiger partial charge in [0.1, 0.15) is 0 Å². The summed E-state index contributed by atoms with van der Waals surface area (Å²) in [6.07, 6.45) is 0. The summed E-state index contributed by atoms with van der Waals surface area (Å²) in [6, 6.07) is 4.35. The van der Waals surface area contributed by atoms with Gasteiger partial charge in [0.15, 0.2) is 0 Å². The Kier molecular flexibility index (Phi) is 4.00. The van der Waals surface area contributed by atoms with Gasteiger partial charge in [-0.25, -0.2) is 0 Å². The van der Waals surface area contributed by atoms with Crippen LogP contribution in [0, 0.1) is 10.1 Å². The van der Waals surface area contributed by atoms with Gasteiger partial charge in [-0.3, -0.25) is 14.9 Å². The molecule has 16 heavy (non-hydrogen) atoms. The second-order valence-corrected chi connectivity index (χ2v) is 4.10. The second-order valence-electron chi connectivity index (χ2n) is 3.24. The van der Waals surface area contributed by atoms with Crippen molar-refractivity contribution >= 4 is 27.5 Å². The molecule has 0 aromatic heterocycles. The Morgan fingerprint density at radius 2 is 2.19 bits per heavy atom. The number of hydrogen-bond donors (Lipinski definition) is 0. The molecule has 0 saturated carbocycles. The number of hydrogen-bond acceptors (Lipinski definition) is 3. The van der Waals surface area contributed by atoms with Crippen molar-refractivity contribution in [3.8, 4) is 0 Å². The van der Waals surface area contributed by atoms with Gasteiger partial charge in [-0.15, -0.1) is 0 Å². The highest BCUT2D eigenvalue weighted by molar-refractivity contribution is 9.10. The third kappa shape index (κ3) is 2.57. The van der Waals surface area contributed by atoms with Crippen LogP contribution in [0.5, 0.6) is 0 Å². The standard InChI is InChI=1S/C10H11BrN2O3/c1-3-12(2)10(14)7-4-5-8(11)9(6-7)13(15)16/h4-6H,3H2,1-2H3. The Morgan fingerprint density at radius 1 is 1.56 bits per heavy atom. The van der Waals surface area contributed by atoms with Crippen LogP contribution >= 0.6 is 15.9 Å². The first kappa shape index (κ1) is 12.6. The number of rotatable bonds is 3. The summed E-state index contributed by atoms with van der Waals surface area (Å²) in [7, 11) is 1.65. The molecule has 1 amide bonds. The Balaban J connectivity index is 3.13. The molecule has 0 aliphatic heterocycles. The smallest absolute Gasteiger partial charge is 0.284 e. The topological polar surface area (TPSA) is 63.5 Å². The van der Waals surface area contributed by atoms with Crippen LogP contribution in [-0.4, -0.2) is 29.3 Å². The molecule has 0 bridgehead atoms. The summed E-state index contributed by atoms with van der Waals surface area (Å²) in [5.74, 6) is -0.224. The average Bonchev–Trinajstić information content (AvgIpc) is 2.27. The fourth-order valence-electron chi connectivity index (χ4n) is 1.15. The lowest BCUT2D eigenvalue weighted by atomic mass is 10.2. The molecule has 0 radical (unpaired) electrons. The van der Waals surface area contributed by atoms with E-state index in [9.17, 15) is 14.9 Å². The van der Waals surface area contributed by atoms with E-state index in [1.165, 1.54) is 17.0 Å². The van der Waals surface area contributed by atoms with Gasteiger partial charge in [0.05, 0.1) is 9.40 Å². The highest BCUT2D eigenvalue weighted by Gasteiger charge is 2.17. The average molecular weight is 287 g/mol. The SMILES string of the molecule is CCN(C)C(=O)c1ccc(Br)c([N+](=O)[O-])c1. The van der Waals surface area contributed by atoms with Crippen molar-refractivity contribution in [3.63, 3.8) is 0 Å². The molecule has 0 fully saturated rings. The van der Waals surface area contributed by atoms with Gasteiger partial charge in [-0.05, 0) is 35.0 Å². The lowest BCUT2D eigenvalue weighted by Crippen LogP contribution is -2.26. The number of halogens is 1. The molecule has 0 unspecified atom stereocenters. The van der Waals surface area contributed by atoms with E-state index >= 15 is 0 Å². The zero-order chi connectivity index (χ0) is 12.3. The summed E-state index contributed by atoms with van der Waals surface area (Å²) in [6.45, 7) is 2.40. The molecule has 1 aromatic carbocycles. The minimum Gasteiger partial charge on any atom is -0.342 e. The molecule has 0 N–H and O–H groups in total. The summed E-state index contributed by atoms with van der Waals surface area (Å²) in [5.41, 5.74) is 0.217. The fraction of sp³-hybridized carbons (Fsp3) is 0.300. The number of carbonyl (C=O) groups is 1. The van der Waals surface area contributed by atoms with Crippen LogP contribution in [0.2, 0.25) is 0 Å². The molecule has 86 valence electrons. The number of nitro groups is 1. The highest BCUT2D eigenvalue weighted by atomic mass is 79.9. The minimum absolute atomic E-state index is 0.102.